The lowest BCUT2D eigenvalue weighted by Gasteiger charge is -2.25. The minimum absolute atomic E-state index is 0.00268. The molecule has 0 spiro atoms. The lowest BCUT2D eigenvalue weighted by molar-refractivity contribution is -0.139. The fourth-order valence-electron chi connectivity index (χ4n) is 2.96. The standard InChI is InChI=1S/C17H21N3O4/c21-16(12-20-15-6-2-1-4-13(15)10-18-20)19(8-7-17(22)23)11-14-5-3-9-24-14/h1-2,4,6,10,14H,3,5,7-9,11-12H2,(H,22,23)/t14-/m0/s1. The van der Waals surface area contributed by atoms with Gasteiger partial charge in [0.15, 0.2) is 0 Å². The molecular formula is C17H21N3O4. The lowest BCUT2D eigenvalue weighted by atomic mass is 10.2. The number of benzene rings is 1. The normalized spacial score (nSPS) is 17.2. The molecule has 0 unspecified atom stereocenters. The third-order valence-electron chi connectivity index (χ3n) is 4.23. The van der Waals surface area contributed by atoms with E-state index in [4.69, 9.17) is 9.84 Å². The van der Waals surface area contributed by atoms with Crippen LogP contribution in [-0.4, -0.2) is 57.5 Å². The first-order chi connectivity index (χ1) is 11.6. The summed E-state index contributed by atoms with van der Waals surface area (Å²) in [5.74, 6) is -1.05. The number of hydrogen-bond donors (Lipinski definition) is 1. The third-order valence-corrected chi connectivity index (χ3v) is 4.23. The summed E-state index contributed by atoms with van der Waals surface area (Å²) >= 11 is 0. The summed E-state index contributed by atoms with van der Waals surface area (Å²) in [5.41, 5.74) is 0.890. The van der Waals surface area contributed by atoms with Gasteiger partial charge in [-0.2, -0.15) is 5.10 Å². The molecule has 3 rings (SSSR count). The van der Waals surface area contributed by atoms with Crippen molar-refractivity contribution >= 4 is 22.8 Å². The zero-order valence-electron chi connectivity index (χ0n) is 13.4. The number of carboxylic acids is 1. The van der Waals surface area contributed by atoms with Crippen LogP contribution in [0, 0.1) is 0 Å². The minimum atomic E-state index is -0.912. The van der Waals surface area contributed by atoms with Crippen molar-refractivity contribution in [1.82, 2.24) is 14.7 Å². The van der Waals surface area contributed by atoms with Crippen LogP contribution in [0.1, 0.15) is 19.3 Å². The smallest absolute Gasteiger partial charge is 0.305 e. The van der Waals surface area contributed by atoms with E-state index < -0.39 is 5.97 Å². The van der Waals surface area contributed by atoms with Crippen LogP contribution in [-0.2, 0) is 20.9 Å². The molecule has 1 fully saturated rings. The van der Waals surface area contributed by atoms with Gasteiger partial charge >= 0.3 is 5.97 Å². The highest BCUT2D eigenvalue weighted by Gasteiger charge is 2.23. The number of carbonyl (C=O) groups is 2. The Morgan fingerprint density at radius 1 is 1.38 bits per heavy atom. The highest BCUT2D eigenvalue weighted by molar-refractivity contribution is 5.82. The summed E-state index contributed by atoms with van der Waals surface area (Å²) < 4.78 is 7.24. The molecule has 0 aliphatic carbocycles. The number of amides is 1. The molecule has 24 heavy (non-hydrogen) atoms. The summed E-state index contributed by atoms with van der Waals surface area (Å²) in [6, 6.07) is 7.68. The number of ether oxygens (including phenoxy) is 1. The van der Waals surface area contributed by atoms with Gasteiger partial charge in [-0.1, -0.05) is 18.2 Å². The topological polar surface area (TPSA) is 84.7 Å². The lowest BCUT2D eigenvalue weighted by Crippen LogP contribution is -2.40. The Labute approximate surface area is 139 Å². The zero-order chi connectivity index (χ0) is 16.9. The fraction of sp³-hybridized carbons (Fsp3) is 0.471. The van der Waals surface area contributed by atoms with Crippen molar-refractivity contribution in [3.63, 3.8) is 0 Å². The van der Waals surface area contributed by atoms with Crippen molar-refractivity contribution < 1.29 is 19.4 Å². The summed E-state index contributed by atoms with van der Waals surface area (Å²) in [4.78, 5) is 25.1. The van der Waals surface area contributed by atoms with E-state index in [-0.39, 0.29) is 31.5 Å². The molecule has 1 aliphatic rings. The van der Waals surface area contributed by atoms with Gasteiger partial charge in [0.2, 0.25) is 5.91 Å². The van der Waals surface area contributed by atoms with Gasteiger partial charge in [-0.25, -0.2) is 0 Å². The Balaban J connectivity index is 1.70. The molecule has 2 heterocycles. The van der Waals surface area contributed by atoms with Gasteiger partial charge in [0, 0.05) is 25.1 Å². The van der Waals surface area contributed by atoms with Crippen LogP contribution in [0.15, 0.2) is 30.5 Å². The van der Waals surface area contributed by atoms with Gasteiger partial charge in [0.05, 0.1) is 24.2 Å². The van der Waals surface area contributed by atoms with Gasteiger partial charge in [0.1, 0.15) is 6.54 Å². The van der Waals surface area contributed by atoms with Crippen molar-refractivity contribution in [2.24, 2.45) is 0 Å². The summed E-state index contributed by atoms with van der Waals surface area (Å²) in [7, 11) is 0. The van der Waals surface area contributed by atoms with Crippen LogP contribution in [0.5, 0.6) is 0 Å². The van der Waals surface area contributed by atoms with E-state index in [2.05, 4.69) is 5.10 Å². The Morgan fingerprint density at radius 3 is 2.96 bits per heavy atom. The van der Waals surface area contributed by atoms with Crippen LogP contribution < -0.4 is 0 Å². The first-order valence-corrected chi connectivity index (χ1v) is 8.15. The van der Waals surface area contributed by atoms with Crippen LogP contribution in [0.25, 0.3) is 10.9 Å². The van der Waals surface area contributed by atoms with E-state index in [1.54, 1.807) is 15.8 Å². The Hall–Kier alpha value is -2.41. The molecule has 1 saturated heterocycles. The molecule has 0 bridgehead atoms. The molecule has 1 atom stereocenters. The number of para-hydroxylation sites is 1. The number of aliphatic carboxylic acids is 1. The highest BCUT2D eigenvalue weighted by Crippen LogP contribution is 2.16. The maximum Gasteiger partial charge on any atom is 0.305 e. The van der Waals surface area contributed by atoms with Crippen molar-refractivity contribution in [2.75, 3.05) is 19.7 Å². The molecule has 2 aromatic rings. The van der Waals surface area contributed by atoms with Gasteiger partial charge in [0.25, 0.3) is 0 Å². The van der Waals surface area contributed by atoms with E-state index in [1.165, 1.54) is 0 Å². The van der Waals surface area contributed by atoms with E-state index in [1.807, 2.05) is 24.3 Å². The predicted octanol–water partition coefficient (Wildman–Crippen LogP) is 1.52. The van der Waals surface area contributed by atoms with Gasteiger partial charge in [-0.3, -0.25) is 14.3 Å². The average Bonchev–Trinajstić information content (AvgIpc) is 3.21. The van der Waals surface area contributed by atoms with E-state index in [9.17, 15) is 9.59 Å². The van der Waals surface area contributed by atoms with Gasteiger partial charge < -0.3 is 14.7 Å². The molecule has 7 nitrogen and oxygen atoms in total. The third kappa shape index (κ3) is 3.91. The molecule has 1 aliphatic heterocycles. The average molecular weight is 331 g/mol. The predicted molar refractivity (Wildman–Crippen MR) is 87.5 cm³/mol. The molecule has 1 N–H and O–H groups in total. The molecule has 7 heteroatoms. The number of rotatable bonds is 7. The Bertz CT molecular complexity index is 721. The molecule has 128 valence electrons. The number of aromatic nitrogens is 2. The number of nitrogens with zero attached hydrogens (tertiary/aromatic N) is 3. The number of hydrogen-bond acceptors (Lipinski definition) is 4. The first kappa shape index (κ1) is 16.4. The fourth-order valence-corrected chi connectivity index (χ4v) is 2.96. The maximum atomic E-state index is 12.7. The second-order valence-electron chi connectivity index (χ2n) is 5.98. The molecule has 0 radical (unpaired) electrons. The Kier molecular flexibility index (Phi) is 5.10. The monoisotopic (exact) mass is 331 g/mol. The van der Waals surface area contributed by atoms with Gasteiger partial charge in [-0.15, -0.1) is 0 Å². The highest BCUT2D eigenvalue weighted by atomic mass is 16.5. The first-order valence-electron chi connectivity index (χ1n) is 8.15. The summed E-state index contributed by atoms with van der Waals surface area (Å²) in [5, 5.41) is 14.2. The van der Waals surface area contributed by atoms with Crippen LogP contribution in [0.2, 0.25) is 0 Å². The van der Waals surface area contributed by atoms with Gasteiger partial charge in [-0.05, 0) is 18.9 Å². The second kappa shape index (κ2) is 7.44. The van der Waals surface area contributed by atoms with Crippen LogP contribution in [0.4, 0.5) is 0 Å². The van der Waals surface area contributed by atoms with Crippen molar-refractivity contribution in [3.05, 3.63) is 30.5 Å². The van der Waals surface area contributed by atoms with Crippen molar-refractivity contribution in [1.29, 1.82) is 0 Å². The SMILES string of the molecule is O=C(O)CCN(C[C@@H]1CCCO1)C(=O)Cn1ncc2ccccc21. The molecule has 1 amide bonds. The van der Waals surface area contributed by atoms with Crippen molar-refractivity contribution in [3.8, 4) is 0 Å². The van der Waals surface area contributed by atoms with E-state index in [0.717, 1.165) is 23.7 Å². The molecule has 1 aromatic carbocycles. The molecule has 1 aromatic heterocycles. The van der Waals surface area contributed by atoms with E-state index in [0.29, 0.717) is 13.2 Å². The zero-order valence-corrected chi connectivity index (χ0v) is 13.4. The van der Waals surface area contributed by atoms with Crippen LogP contribution in [0.3, 0.4) is 0 Å². The Morgan fingerprint density at radius 2 is 2.21 bits per heavy atom. The quantitative estimate of drug-likeness (QED) is 0.831. The maximum absolute atomic E-state index is 12.7. The van der Waals surface area contributed by atoms with E-state index >= 15 is 0 Å². The number of fused-ring (bicyclic) bond motifs is 1. The van der Waals surface area contributed by atoms with Crippen LogP contribution >= 0.6 is 0 Å². The molecular weight excluding hydrogens is 310 g/mol. The summed E-state index contributed by atoms with van der Waals surface area (Å²) in [6.45, 7) is 1.42. The summed E-state index contributed by atoms with van der Waals surface area (Å²) in [6.07, 6.45) is 3.54. The second-order valence-corrected chi connectivity index (χ2v) is 5.98. The van der Waals surface area contributed by atoms with Crippen molar-refractivity contribution in [2.45, 2.75) is 31.9 Å². The number of carboxylic acid groups (broad SMARTS) is 1. The molecule has 0 saturated carbocycles. The number of carbonyl (C=O) groups excluding carboxylic acids is 1. The largest absolute Gasteiger partial charge is 0.481 e. The minimum Gasteiger partial charge on any atom is -0.481 e.